The fraction of sp³-hybridized carbons (Fsp3) is 0.323. The van der Waals surface area contributed by atoms with E-state index in [1.54, 1.807) is 29.2 Å². The number of anilines is 1. The lowest BCUT2D eigenvalue weighted by molar-refractivity contribution is -0.00120. The summed E-state index contributed by atoms with van der Waals surface area (Å²) in [5, 5.41) is 15.3. The molecular formula is C31H31FN4O4. The van der Waals surface area contributed by atoms with Gasteiger partial charge in [0.25, 0.3) is 0 Å². The molecule has 0 atom stereocenters. The first-order valence-corrected chi connectivity index (χ1v) is 13.6. The maximum absolute atomic E-state index is 13.7. The van der Waals surface area contributed by atoms with Crippen LogP contribution in [0.2, 0.25) is 0 Å². The lowest BCUT2D eigenvalue weighted by Gasteiger charge is -2.37. The monoisotopic (exact) mass is 542 g/mol. The first-order valence-electron chi connectivity index (χ1n) is 13.6. The summed E-state index contributed by atoms with van der Waals surface area (Å²) in [6, 6.07) is 19.2. The lowest BCUT2D eigenvalue weighted by atomic mass is 9.91. The molecule has 4 aromatic rings. The smallest absolute Gasteiger partial charge is 0.415 e. The van der Waals surface area contributed by atoms with E-state index >= 15 is 0 Å². The summed E-state index contributed by atoms with van der Waals surface area (Å²) >= 11 is 0. The van der Waals surface area contributed by atoms with Crippen LogP contribution in [0.1, 0.15) is 48.8 Å². The number of hydrogen-bond acceptors (Lipinski definition) is 5. The zero-order valence-corrected chi connectivity index (χ0v) is 22.5. The number of hydrogen-bond donors (Lipinski definition) is 1. The van der Waals surface area contributed by atoms with Crippen LogP contribution in [0.15, 0.2) is 66.7 Å². The number of aromatic carboxylic acids is 1. The van der Waals surface area contributed by atoms with E-state index < -0.39 is 17.7 Å². The molecule has 0 saturated carbocycles. The van der Waals surface area contributed by atoms with Gasteiger partial charge in [0.15, 0.2) is 0 Å². The number of carboxylic acids is 1. The molecule has 2 aliphatic rings. The molecule has 1 N–H and O–H groups in total. The summed E-state index contributed by atoms with van der Waals surface area (Å²) in [7, 11) is 0. The number of aromatic nitrogens is 2. The number of carbonyl (C=O) groups is 2. The fourth-order valence-corrected chi connectivity index (χ4v) is 5.84. The van der Waals surface area contributed by atoms with Gasteiger partial charge in [-0.05, 0) is 67.4 Å². The lowest BCUT2D eigenvalue weighted by Crippen LogP contribution is -2.46. The number of piperidine rings is 1. The van der Waals surface area contributed by atoms with Gasteiger partial charge in [-0.3, -0.25) is 14.5 Å². The zero-order chi connectivity index (χ0) is 28.0. The standard InChI is InChI=1S/C31H31FN4O4/c1-20(2)36-27-5-3-4-25(21-6-10-23(32)11-7-21)28(27)26(33-36)18-34-16-14-31(15-17-34)19-35(30(39)40-31)24-12-8-22(9-13-24)29(37)38/h3-13,20H,14-19H2,1-2H3,(H,37,38). The number of carboxylic acid groups (broad SMARTS) is 1. The Kier molecular flexibility index (Phi) is 6.54. The van der Waals surface area contributed by atoms with Crippen molar-refractivity contribution in [3.63, 3.8) is 0 Å². The normalized spacial score (nSPS) is 17.2. The number of fused-ring (bicyclic) bond motifs is 1. The average Bonchev–Trinajstić information content (AvgIpc) is 3.48. The fourth-order valence-electron chi connectivity index (χ4n) is 5.84. The van der Waals surface area contributed by atoms with Crippen molar-refractivity contribution in [2.45, 2.75) is 44.9 Å². The van der Waals surface area contributed by atoms with Gasteiger partial charge in [0, 0.05) is 49.6 Å². The second kappa shape index (κ2) is 10.1. The van der Waals surface area contributed by atoms with Gasteiger partial charge in [-0.2, -0.15) is 5.10 Å². The molecule has 2 fully saturated rings. The minimum absolute atomic E-state index is 0.175. The molecule has 40 heavy (non-hydrogen) atoms. The maximum Gasteiger partial charge on any atom is 0.415 e. The summed E-state index contributed by atoms with van der Waals surface area (Å²) in [6.07, 6.45) is 0.980. The zero-order valence-electron chi connectivity index (χ0n) is 22.5. The quantitative estimate of drug-likeness (QED) is 0.316. The van der Waals surface area contributed by atoms with Crippen LogP contribution in [-0.4, -0.2) is 57.1 Å². The van der Waals surface area contributed by atoms with E-state index in [1.807, 2.05) is 6.07 Å². The number of carbonyl (C=O) groups excluding carboxylic acids is 1. The Hall–Kier alpha value is -4.24. The Morgan fingerprint density at radius 3 is 2.40 bits per heavy atom. The largest absolute Gasteiger partial charge is 0.478 e. The molecule has 0 bridgehead atoms. The second-order valence-electron chi connectivity index (χ2n) is 11.0. The molecule has 1 spiro atoms. The van der Waals surface area contributed by atoms with Crippen molar-refractivity contribution < 1.29 is 23.8 Å². The third kappa shape index (κ3) is 4.70. The van der Waals surface area contributed by atoms with Crippen LogP contribution in [0, 0.1) is 5.82 Å². The number of benzene rings is 3. The van der Waals surface area contributed by atoms with Gasteiger partial charge in [0.1, 0.15) is 11.4 Å². The number of nitrogens with zero attached hydrogens (tertiary/aromatic N) is 4. The van der Waals surface area contributed by atoms with Gasteiger partial charge in [-0.25, -0.2) is 14.0 Å². The summed E-state index contributed by atoms with van der Waals surface area (Å²) < 4.78 is 21.6. The molecule has 8 nitrogen and oxygen atoms in total. The highest BCUT2D eigenvalue weighted by Gasteiger charge is 2.47. The average molecular weight is 543 g/mol. The van der Waals surface area contributed by atoms with Gasteiger partial charge in [0.2, 0.25) is 0 Å². The Labute approximate surface area is 231 Å². The summed E-state index contributed by atoms with van der Waals surface area (Å²) in [4.78, 5) is 27.9. The van der Waals surface area contributed by atoms with Crippen molar-refractivity contribution in [2.24, 2.45) is 0 Å². The van der Waals surface area contributed by atoms with Crippen LogP contribution in [0.5, 0.6) is 0 Å². The van der Waals surface area contributed by atoms with Crippen LogP contribution in [-0.2, 0) is 11.3 Å². The van der Waals surface area contributed by atoms with Crippen LogP contribution in [0.3, 0.4) is 0 Å². The molecule has 0 unspecified atom stereocenters. The number of amides is 1. The third-order valence-electron chi connectivity index (χ3n) is 7.99. The first-order chi connectivity index (χ1) is 19.2. The number of rotatable bonds is 6. The van der Waals surface area contributed by atoms with Crippen LogP contribution < -0.4 is 4.90 Å². The molecule has 1 aromatic heterocycles. The predicted molar refractivity (Wildman–Crippen MR) is 150 cm³/mol. The van der Waals surface area contributed by atoms with Crippen molar-refractivity contribution in [3.8, 4) is 11.1 Å². The molecule has 0 radical (unpaired) electrons. The van der Waals surface area contributed by atoms with Gasteiger partial charge < -0.3 is 9.84 Å². The molecular weight excluding hydrogens is 511 g/mol. The Bertz CT molecular complexity index is 1570. The number of halogens is 1. The Morgan fingerprint density at radius 2 is 1.75 bits per heavy atom. The maximum atomic E-state index is 13.7. The van der Waals surface area contributed by atoms with Crippen LogP contribution in [0.4, 0.5) is 14.9 Å². The van der Waals surface area contributed by atoms with Crippen molar-refractivity contribution in [1.29, 1.82) is 0 Å². The molecule has 3 aromatic carbocycles. The van der Waals surface area contributed by atoms with E-state index in [-0.39, 0.29) is 17.4 Å². The molecule has 2 aliphatic heterocycles. The van der Waals surface area contributed by atoms with Crippen LogP contribution in [0.25, 0.3) is 22.0 Å². The topological polar surface area (TPSA) is 87.9 Å². The van der Waals surface area contributed by atoms with Gasteiger partial charge in [-0.1, -0.05) is 24.3 Å². The highest BCUT2D eigenvalue weighted by Crippen LogP contribution is 2.38. The van der Waals surface area contributed by atoms with Crippen LogP contribution >= 0.6 is 0 Å². The summed E-state index contributed by atoms with van der Waals surface area (Å²) in [5.74, 6) is -1.27. The Balaban J connectivity index is 1.21. The van der Waals surface area contributed by atoms with E-state index in [2.05, 4.69) is 35.6 Å². The minimum Gasteiger partial charge on any atom is -0.478 e. The van der Waals surface area contributed by atoms with Crippen molar-refractivity contribution in [1.82, 2.24) is 14.7 Å². The van der Waals surface area contributed by atoms with Crippen molar-refractivity contribution in [3.05, 3.63) is 83.8 Å². The van der Waals surface area contributed by atoms with E-state index in [0.717, 1.165) is 40.8 Å². The molecule has 3 heterocycles. The van der Waals surface area contributed by atoms with E-state index in [1.165, 1.54) is 24.3 Å². The van der Waals surface area contributed by atoms with E-state index in [0.29, 0.717) is 31.6 Å². The van der Waals surface area contributed by atoms with E-state index in [9.17, 15) is 14.0 Å². The number of ether oxygens (including phenoxy) is 1. The van der Waals surface area contributed by atoms with Gasteiger partial charge in [-0.15, -0.1) is 0 Å². The van der Waals surface area contributed by atoms with Gasteiger partial charge >= 0.3 is 12.1 Å². The second-order valence-corrected chi connectivity index (χ2v) is 11.0. The summed E-state index contributed by atoms with van der Waals surface area (Å²) in [5.41, 5.74) is 4.24. The predicted octanol–water partition coefficient (Wildman–Crippen LogP) is 6.11. The highest BCUT2D eigenvalue weighted by atomic mass is 19.1. The van der Waals surface area contributed by atoms with E-state index in [4.69, 9.17) is 14.9 Å². The van der Waals surface area contributed by atoms with Crippen molar-refractivity contribution >= 4 is 28.7 Å². The molecule has 0 aliphatic carbocycles. The summed E-state index contributed by atoms with van der Waals surface area (Å²) in [6.45, 7) is 6.80. The Morgan fingerprint density at radius 1 is 1.05 bits per heavy atom. The number of likely N-dealkylation sites (tertiary alicyclic amines) is 1. The SMILES string of the molecule is CC(C)n1nc(CN2CCC3(CC2)CN(c2ccc(C(=O)O)cc2)C(=O)O3)c2c(-c3ccc(F)cc3)cccc21. The molecule has 2 saturated heterocycles. The molecule has 206 valence electrons. The minimum atomic E-state index is -1.00. The first kappa shape index (κ1) is 26.0. The molecule has 1 amide bonds. The van der Waals surface area contributed by atoms with Crippen molar-refractivity contribution in [2.75, 3.05) is 24.5 Å². The van der Waals surface area contributed by atoms with Gasteiger partial charge in [0.05, 0.1) is 23.3 Å². The highest BCUT2D eigenvalue weighted by molar-refractivity contribution is 5.97. The molecule has 9 heteroatoms. The molecule has 6 rings (SSSR count). The third-order valence-corrected chi connectivity index (χ3v) is 7.99.